The van der Waals surface area contributed by atoms with Crippen molar-refractivity contribution >= 4 is 11.7 Å². The largest absolute Gasteiger partial charge is 0.381 e. The number of hydrogen-bond donors (Lipinski definition) is 2. The average molecular weight is 281 g/mol. The van der Waals surface area contributed by atoms with E-state index in [-0.39, 0.29) is 17.8 Å². The molecule has 1 amide bonds. The summed E-state index contributed by atoms with van der Waals surface area (Å²) < 4.78 is 1.64. The van der Waals surface area contributed by atoms with Gasteiger partial charge < -0.3 is 25.3 Å². The molecule has 0 aromatic carbocycles. The Bertz CT molecular complexity index is 493. The molecule has 1 atom stereocenters. The van der Waals surface area contributed by atoms with Crippen molar-refractivity contribution in [2.75, 3.05) is 13.1 Å². The predicted molar refractivity (Wildman–Crippen MR) is 72.3 cm³/mol. The molecule has 2 rings (SSSR count). The van der Waals surface area contributed by atoms with Crippen molar-refractivity contribution < 1.29 is 9.72 Å². The third kappa shape index (κ3) is 3.77. The highest BCUT2D eigenvalue weighted by atomic mass is 16.6. The number of imidazole rings is 1. The topological polar surface area (TPSA) is 102 Å². The van der Waals surface area contributed by atoms with Gasteiger partial charge in [-0.3, -0.25) is 4.79 Å². The van der Waals surface area contributed by atoms with E-state index in [1.807, 2.05) is 0 Å². The third-order valence-corrected chi connectivity index (χ3v) is 3.39. The van der Waals surface area contributed by atoms with Gasteiger partial charge in [0.05, 0.1) is 0 Å². The van der Waals surface area contributed by atoms with Gasteiger partial charge in [0.1, 0.15) is 6.20 Å². The van der Waals surface area contributed by atoms with Crippen LogP contribution in [0.15, 0.2) is 6.20 Å². The molecular weight excluding hydrogens is 262 g/mol. The normalized spacial score (nSPS) is 18.8. The van der Waals surface area contributed by atoms with Crippen molar-refractivity contribution in [2.45, 2.75) is 38.8 Å². The molecule has 8 nitrogen and oxygen atoms in total. The third-order valence-electron chi connectivity index (χ3n) is 3.39. The fourth-order valence-corrected chi connectivity index (χ4v) is 2.30. The molecule has 110 valence electrons. The van der Waals surface area contributed by atoms with Gasteiger partial charge in [-0.1, -0.05) is 0 Å². The van der Waals surface area contributed by atoms with Crippen LogP contribution in [0.25, 0.3) is 0 Å². The average Bonchev–Trinajstić information content (AvgIpc) is 2.79. The fraction of sp³-hybridized carbons (Fsp3) is 0.667. The maximum atomic E-state index is 11.8. The number of nitrogens with one attached hydrogen (secondary N) is 2. The van der Waals surface area contributed by atoms with Crippen LogP contribution in [0.3, 0.4) is 0 Å². The zero-order valence-corrected chi connectivity index (χ0v) is 11.5. The molecule has 0 saturated carbocycles. The Labute approximate surface area is 116 Å². The molecule has 0 radical (unpaired) electrons. The number of nitrogens with zero attached hydrogens (tertiary/aromatic N) is 3. The summed E-state index contributed by atoms with van der Waals surface area (Å²) in [4.78, 5) is 25.7. The van der Waals surface area contributed by atoms with Crippen LogP contribution in [-0.2, 0) is 11.3 Å². The molecule has 1 aliphatic heterocycles. The van der Waals surface area contributed by atoms with E-state index in [4.69, 9.17) is 0 Å². The summed E-state index contributed by atoms with van der Waals surface area (Å²) in [5.41, 5.74) is 0. The Morgan fingerprint density at radius 3 is 3.10 bits per heavy atom. The molecule has 1 aromatic heterocycles. The molecular formula is C12H19N5O3. The van der Waals surface area contributed by atoms with Gasteiger partial charge in [0, 0.05) is 32.5 Å². The zero-order chi connectivity index (χ0) is 14.5. The number of piperidine rings is 1. The molecule has 1 saturated heterocycles. The first-order valence-electron chi connectivity index (χ1n) is 6.74. The molecule has 0 spiro atoms. The van der Waals surface area contributed by atoms with Gasteiger partial charge in [-0.2, -0.15) is 0 Å². The summed E-state index contributed by atoms with van der Waals surface area (Å²) in [5.74, 6) is 0.331. The lowest BCUT2D eigenvalue weighted by Crippen LogP contribution is -2.45. The lowest BCUT2D eigenvalue weighted by molar-refractivity contribution is -0.389. The van der Waals surface area contributed by atoms with Crippen LogP contribution in [0.5, 0.6) is 0 Å². The quantitative estimate of drug-likeness (QED) is 0.599. The number of nitro groups is 1. The van der Waals surface area contributed by atoms with Crippen LogP contribution in [0.1, 0.15) is 25.1 Å². The highest BCUT2D eigenvalue weighted by molar-refractivity contribution is 5.76. The smallest absolute Gasteiger partial charge is 0.358 e. The lowest BCUT2D eigenvalue weighted by atomic mass is 10.1. The summed E-state index contributed by atoms with van der Waals surface area (Å²) in [6, 6.07) is 0.189. The van der Waals surface area contributed by atoms with E-state index in [0.29, 0.717) is 18.8 Å². The molecule has 1 fully saturated rings. The van der Waals surface area contributed by atoms with E-state index in [2.05, 4.69) is 15.6 Å². The summed E-state index contributed by atoms with van der Waals surface area (Å²) in [5, 5.41) is 16.8. The van der Waals surface area contributed by atoms with Gasteiger partial charge in [0.15, 0.2) is 0 Å². The molecule has 8 heteroatoms. The highest BCUT2D eigenvalue weighted by Gasteiger charge is 2.17. The highest BCUT2D eigenvalue weighted by Crippen LogP contribution is 2.11. The second-order valence-corrected chi connectivity index (χ2v) is 4.96. The molecule has 1 aromatic rings. The number of carbonyl (C=O) groups excluding carboxylic acids is 1. The van der Waals surface area contributed by atoms with Gasteiger partial charge in [-0.25, -0.2) is 0 Å². The van der Waals surface area contributed by atoms with Crippen molar-refractivity contribution in [3.05, 3.63) is 22.1 Å². The second kappa shape index (κ2) is 6.47. The Hall–Kier alpha value is -1.96. The van der Waals surface area contributed by atoms with E-state index < -0.39 is 4.92 Å². The lowest BCUT2D eigenvalue weighted by Gasteiger charge is -2.23. The monoisotopic (exact) mass is 281 g/mol. The van der Waals surface area contributed by atoms with Crippen molar-refractivity contribution in [1.82, 2.24) is 20.2 Å². The minimum atomic E-state index is -0.530. The maximum absolute atomic E-state index is 11.8. The Balaban J connectivity index is 1.82. The summed E-state index contributed by atoms with van der Waals surface area (Å²) >= 11 is 0. The second-order valence-electron chi connectivity index (χ2n) is 4.96. The molecule has 0 aliphatic carbocycles. The maximum Gasteiger partial charge on any atom is 0.381 e. The first-order valence-corrected chi connectivity index (χ1v) is 6.74. The Kier molecular flexibility index (Phi) is 4.67. The number of carbonyl (C=O) groups is 1. The van der Waals surface area contributed by atoms with E-state index in [1.54, 1.807) is 11.5 Å². The van der Waals surface area contributed by atoms with Crippen LogP contribution in [0.4, 0.5) is 5.82 Å². The fourth-order valence-electron chi connectivity index (χ4n) is 2.30. The Morgan fingerprint density at radius 1 is 1.70 bits per heavy atom. The minimum Gasteiger partial charge on any atom is -0.358 e. The van der Waals surface area contributed by atoms with Gasteiger partial charge >= 0.3 is 5.82 Å². The van der Waals surface area contributed by atoms with Crippen LogP contribution in [0.2, 0.25) is 0 Å². The van der Waals surface area contributed by atoms with Crippen molar-refractivity contribution in [2.24, 2.45) is 0 Å². The van der Waals surface area contributed by atoms with Gasteiger partial charge in [-0.05, 0) is 29.3 Å². The van der Waals surface area contributed by atoms with Crippen LogP contribution >= 0.6 is 0 Å². The molecule has 0 bridgehead atoms. The molecule has 2 heterocycles. The number of rotatable bonds is 5. The van der Waals surface area contributed by atoms with Gasteiger partial charge in [0.2, 0.25) is 11.7 Å². The van der Waals surface area contributed by atoms with Crippen molar-refractivity contribution in [3.8, 4) is 0 Å². The first kappa shape index (κ1) is 14.4. The van der Waals surface area contributed by atoms with Crippen LogP contribution < -0.4 is 10.6 Å². The predicted octanol–water partition coefficient (Wildman–Crippen LogP) is 0.358. The van der Waals surface area contributed by atoms with E-state index >= 15 is 0 Å². The number of hydrogen-bond acceptors (Lipinski definition) is 5. The molecule has 2 N–H and O–H groups in total. The van der Waals surface area contributed by atoms with Crippen molar-refractivity contribution in [1.29, 1.82) is 0 Å². The summed E-state index contributed by atoms with van der Waals surface area (Å²) in [6.07, 6.45) is 3.72. The molecule has 1 aliphatic rings. The Morgan fingerprint density at radius 2 is 2.50 bits per heavy atom. The number of aromatic nitrogens is 2. The first-order chi connectivity index (χ1) is 9.56. The van der Waals surface area contributed by atoms with Gasteiger partial charge in [0.25, 0.3) is 0 Å². The van der Waals surface area contributed by atoms with Crippen molar-refractivity contribution in [3.63, 3.8) is 0 Å². The standard InChI is InChI=1S/C12H19N5O3/c1-9-14-11(17(19)20)8-16(9)6-4-12(18)15-10-3-2-5-13-7-10/h8,10,13H,2-7H2,1H3,(H,15,18). The minimum absolute atomic E-state index is 0.0329. The molecule has 20 heavy (non-hydrogen) atoms. The van der Waals surface area contributed by atoms with E-state index in [9.17, 15) is 14.9 Å². The van der Waals surface area contributed by atoms with Gasteiger partial charge in [-0.15, -0.1) is 0 Å². The zero-order valence-electron chi connectivity index (χ0n) is 11.5. The van der Waals surface area contributed by atoms with Crippen LogP contribution in [0, 0.1) is 17.0 Å². The van der Waals surface area contributed by atoms with Crippen LogP contribution in [-0.4, -0.2) is 39.5 Å². The van der Waals surface area contributed by atoms with E-state index in [0.717, 1.165) is 25.9 Å². The number of aryl methyl sites for hydroxylation is 2. The van der Waals surface area contributed by atoms with E-state index in [1.165, 1.54) is 6.20 Å². The SMILES string of the molecule is Cc1nc([N+](=O)[O-])cn1CCC(=O)NC1CCCNC1. The summed E-state index contributed by atoms with van der Waals surface area (Å²) in [7, 11) is 0. The molecule has 1 unspecified atom stereocenters. The summed E-state index contributed by atoms with van der Waals surface area (Å²) in [6.45, 7) is 3.90. The number of amides is 1.